The van der Waals surface area contributed by atoms with E-state index in [1.807, 2.05) is 0 Å². The zero-order valence-corrected chi connectivity index (χ0v) is 15.8. The van der Waals surface area contributed by atoms with Crippen LogP contribution in [0.3, 0.4) is 0 Å². The van der Waals surface area contributed by atoms with Crippen molar-refractivity contribution in [3.8, 4) is 0 Å². The van der Waals surface area contributed by atoms with E-state index in [-0.39, 0.29) is 106 Å². The van der Waals surface area contributed by atoms with Gasteiger partial charge in [-0.25, -0.2) is 0 Å². The van der Waals surface area contributed by atoms with E-state index in [0.717, 1.165) is 0 Å². The number of hydrogen-bond donors (Lipinski definition) is 0. The molecule has 0 atom stereocenters. The van der Waals surface area contributed by atoms with E-state index in [4.69, 9.17) is 0 Å². The van der Waals surface area contributed by atoms with Crippen molar-refractivity contribution >= 4 is 86.0 Å². The zero-order chi connectivity index (χ0) is 0. The third kappa shape index (κ3) is 8.95. The molecular formula is H8BaBiFeSi. The number of hydrogen-bond acceptors (Lipinski definition) is 0. The monoisotopic (exact) mass is 439 g/mol. The van der Waals surface area contributed by atoms with Crippen molar-refractivity contribution in [3.05, 3.63) is 0 Å². The van der Waals surface area contributed by atoms with Crippen molar-refractivity contribution in [1.82, 2.24) is 0 Å². The van der Waals surface area contributed by atoms with Crippen LogP contribution in [0.2, 0.25) is 0 Å². The first-order valence-electron chi connectivity index (χ1n) is 0. The average Bonchev–Trinajstić information content (AvgIpc) is 0. The Labute approximate surface area is 104 Å². The molecule has 0 amide bonds. The van der Waals surface area contributed by atoms with Gasteiger partial charge in [-0.15, -0.1) is 0 Å². The molecule has 4 heavy (non-hydrogen) atoms. The van der Waals surface area contributed by atoms with Crippen LogP contribution in [0, 0.1) is 0 Å². The van der Waals surface area contributed by atoms with Crippen LogP contribution in [-0.4, -0.2) is 86.0 Å². The van der Waals surface area contributed by atoms with E-state index in [0.29, 0.717) is 0 Å². The molecule has 0 aliphatic heterocycles. The average molecular weight is 438 g/mol. The quantitative estimate of drug-likeness (QED) is 0.367. The maximum absolute atomic E-state index is 0. The summed E-state index contributed by atoms with van der Waals surface area (Å²) in [7, 11) is 0. The van der Waals surface area contributed by atoms with Crippen LogP contribution in [0.15, 0.2) is 0 Å². The molecule has 0 N–H and O–H groups in total. The Balaban J connectivity index is 0. The fraction of sp³-hybridized carbons (Fsp3) is 0. The Bertz CT molecular complexity index is 13.5. The van der Waals surface area contributed by atoms with Crippen molar-refractivity contribution in [3.63, 3.8) is 0 Å². The van der Waals surface area contributed by atoms with Gasteiger partial charge < -0.3 is 2.85 Å². The van der Waals surface area contributed by atoms with Crippen molar-refractivity contribution in [1.29, 1.82) is 0 Å². The third-order valence-electron chi connectivity index (χ3n) is 0. The van der Waals surface area contributed by atoms with E-state index in [1.54, 1.807) is 0 Å². The van der Waals surface area contributed by atoms with Gasteiger partial charge in [0.05, 0.1) is 0 Å². The summed E-state index contributed by atoms with van der Waals surface area (Å²) in [5.41, 5.74) is 0. The summed E-state index contributed by atoms with van der Waals surface area (Å²) in [5, 5.41) is 0. The van der Waals surface area contributed by atoms with Crippen molar-refractivity contribution in [2.24, 2.45) is 0 Å². The molecule has 0 aliphatic carbocycles. The molecule has 0 saturated carbocycles. The summed E-state index contributed by atoms with van der Waals surface area (Å²) in [5.74, 6) is 0. The number of rotatable bonds is 0. The standard InChI is InChI=1S/Ba.Bi.Fe.H3Si.5H/h;;;1H3;;;;;/q+2;;;;;;;2*-1. The van der Waals surface area contributed by atoms with Crippen LogP contribution < -0.4 is 0 Å². The minimum absolute atomic E-state index is 0. The molecule has 0 spiro atoms. The molecule has 0 nitrogen and oxygen atoms in total. The van der Waals surface area contributed by atoms with Crippen LogP contribution >= 0.6 is 0 Å². The van der Waals surface area contributed by atoms with Gasteiger partial charge >= 0.3 is 75.1 Å². The molecule has 0 fully saturated rings. The predicted molar refractivity (Wildman–Crippen MR) is 27.9 cm³/mol. The van der Waals surface area contributed by atoms with E-state index in [9.17, 15) is 0 Å². The fourth-order valence-electron chi connectivity index (χ4n) is 0. The SMILES string of the molecule is [Ba+2].[BiH3].[Fe].[H-].[H-].[SiH3]. The van der Waals surface area contributed by atoms with Crippen molar-refractivity contribution < 1.29 is 19.9 Å². The first-order valence-corrected chi connectivity index (χ1v) is 0. The Morgan fingerprint density at radius 2 is 1.25 bits per heavy atom. The Hall–Kier alpha value is 3.19. The topological polar surface area (TPSA) is 0 Å². The molecular weight excluding hydrogens is 430 g/mol. The third-order valence-corrected chi connectivity index (χ3v) is 0. The van der Waals surface area contributed by atoms with Gasteiger partial charge in [0.1, 0.15) is 0 Å². The van der Waals surface area contributed by atoms with Gasteiger partial charge in [-0.05, 0) is 11.0 Å². The maximum Gasteiger partial charge on any atom is 0 e. The van der Waals surface area contributed by atoms with Crippen molar-refractivity contribution in [2.45, 2.75) is 0 Å². The second kappa shape index (κ2) is 16.4. The molecule has 0 rings (SSSR count). The van der Waals surface area contributed by atoms with Gasteiger partial charge in [0.2, 0.25) is 0 Å². The maximum atomic E-state index is 0. The molecule has 0 aliphatic rings. The van der Waals surface area contributed by atoms with Gasteiger partial charge in [0.15, 0.2) is 0 Å². The Morgan fingerprint density at radius 1 is 1.25 bits per heavy atom. The summed E-state index contributed by atoms with van der Waals surface area (Å²) in [6.07, 6.45) is 0. The van der Waals surface area contributed by atoms with Crippen LogP contribution in [0.25, 0.3) is 0 Å². The van der Waals surface area contributed by atoms with Crippen LogP contribution in [0.4, 0.5) is 0 Å². The molecule has 0 bridgehead atoms. The minimum atomic E-state index is 0. The van der Waals surface area contributed by atoms with Crippen molar-refractivity contribution in [2.75, 3.05) is 0 Å². The van der Waals surface area contributed by atoms with Gasteiger partial charge in [0, 0.05) is 17.1 Å². The van der Waals surface area contributed by atoms with Gasteiger partial charge in [-0.1, -0.05) is 0 Å². The zero-order valence-electron chi connectivity index (χ0n) is 4.77. The molecule has 0 saturated heterocycles. The molecule has 4 heteroatoms. The molecule has 1 radical (unpaired) electrons. The van der Waals surface area contributed by atoms with E-state index < -0.39 is 0 Å². The summed E-state index contributed by atoms with van der Waals surface area (Å²) in [6.45, 7) is 0. The summed E-state index contributed by atoms with van der Waals surface area (Å²) in [4.78, 5) is 0. The van der Waals surface area contributed by atoms with E-state index >= 15 is 0 Å². The summed E-state index contributed by atoms with van der Waals surface area (Å²) >= 11 is 0. The minimum Gasteiger partial charge on any atom is -1.00 e. The van der Waals surface area contributed by atoms with Gasteiger partial charge in [-0.3, -0.25) is 0 Å². The molecule has 0 aromatic heterocycles. The largest absolute Gasteiger partial charge is 1.00 e. The molecule has 0 heterocycles. The van der Waals surface area contributed by atoms with Crippen LogP contribution in [-0.2, 0) is 17.1 Å². The summed E-state index contributed by atoms with van der Waals surface area (Å²) in [6, 6.07) is 0. The van der Waals surface area contributed by atoms with Crippen LogP contribution in [0.1, 0.15) is 2.85 Å². The summed E-state index contributed by atoms with van der Waals surface area (Å²) < 4.78 is 0. The molecule has 27 valence electrons. The smallest absolute Gasteiger partial charge is 0 e. The van der Waals surface area contributed by atoms with Gasteiger partial charge in [-0.2, -0.15) is 0 Å². The molecule has 0 aromatic carbocycles. The van der Waals surface area contributed by atoms with E-state index in [1.165, 1.54) is 0 Å². The Kier molecular flexibility index (Phi) is 111. The second-order valence-electron chi connectivity index (χ2n) is 0. The first kappa shape index (κ1) is 27.1. The predicted octanol–water partition coefficient (Wildman–Crippen LogP) is -2.53. The fourth-order valence-corrected chi connectivity index (χ4v) is 0. The molecule has 0 unspecified atom stereocenters. The van der Waals surface area contributed by atoms with Crippen LogP contribution in [0.5, 0.6) is 0 Å². The Morgan fingerprint density at radius 3 is 1.25 bits per heavy atom. The first-order chi connectivity index (χ1) is 0. The molecule has 0 aromatic rings. The van der Waals surface area contributed by atoms with E-state index in [2.05, 4.69) is 0 Å². The second-order valence-corrected chi connectivity index (χ2v) is 0. The van der Waals surface area contributed by atoms with Gasteiger partial charge in [0.25, 0.3) is 0 Å². The normalized spacial score (nSPS) is 0.